The second-order valence-corrected chi connectivity index (χ2v) is 4.19. The number of rotatable bonds is 2. The number of hydrogen-bond donors (Lipinski definition) is 0. The SMILES string of the molecule is CC(C)(C#N)n1ncc2c([N+](=O)[O-])cccc21. The predicted molar refractivity (Wildman–Crippen MR) is 61.3 cm³/mol. The summed E-state index contributed by atoms with van der Waals surface area (Å²) >= 11 is 0. The van der Waals surface area contributed by atoms with Gasteiger partial charge in [0.25, 0.3) is 5.69 Å². The number of fused-ring (bicyclic) bond motifs is 1. The highest BCUT2D eigenvalue weighted by molar-refractivity contribution is 5.88. The maximum Gasteiger partial charge on any atom is 0.280 e. The van der Waals surface area contributed by atoms with E-state index in [2.05, 4.69) is 11.2 Å². The van der Waals surface area contributed by atoms with Crippen molar-refractivity contribution in [2.24, 2.45) is 0 Å². The summed E-state index contributed by atoms with van der Waals surface area (Å²) in [5.41, 5.74) is -0.245. The number of nitriles is 1. The fourth-order valence-corrected chi connectivity index (χ4v) is 1.69. The molecule has 0 fully saturated rings. The third kappa shape index (κ3) is 1.61. The lowest BCUT2D eigenvalue weighted by atomic mass is 10.1. The van der Waals surface area contributed by atoms with Crippen molar-refractivity contribution in [2.45, 2.75) is 19.4 Å². The second-order valence-electron chi connectivity index (χ2n) is 4.19. The van der Waals surface area contributed by atoms with Crippen LogP contribution in [-0.2, 0) is 5.54 Å². The molecule has 0 radical (unpaired) electrons. The van der Waals surface area contributed by atoms with E-state index in [0.717, 1.165) is 0 Å². The van der Waals surface area contributed by atoms with Gasteiger partial charge in [-0.3, -0.25) is 10.1 Å². The van der Waals surface area contributed by atoms with Gasteiger partial charge in [0.1, 0.15) is 5.54 Å². The van der Waals surface area contributed by atoms with Crippen LogP contribution in [0.3, 0.4) is 0 Å². The fraction of sp³-hybridized carbons (Fsp3) is 0.273. The summed E-state index contributed by atoms with van der Waals surface area (Å²) in [7, 11) is 0. The summed E-state index contributed by atoms with van der Waals surface area (Å²) < 4.78 is 1.50. The maximum absolute atomic E-state index is 10.8. The van der Waals surface area contributed by atoms with E-state index in [0.29, 0.717) is 10.9 Å². The van der Waals surface area contributed by atoms with Crippen LogP contribution in [0.15, 0.2) is 24.4 Å². The van der Waals surface area contributed by atoms with E-state index in [1.807, 2.05) is 0 Å². The molecule has 6 heteroatoms. The lowest BCUT2D eigenvalue weighted by Gasteiger charge is -2.16. The molecule has 0 N–H and O–H groups in total. The monoisotopic (exact) mass is 230 g/mol. The molecule has 0 bridgehead atoms. The molecule has 0 saturated carbocycles. The molecule has 1 aromatic heterocycles. The van der Waals surface area contributed by atoms with Crippen LogP contribution in [0.2, 0.25) is 0 Å². The first-order valence-corrected chi connectivity index (χ1v) is 5.00. The third-order valence-corrected chi connectivity index (χ3v) is 2.59. The Kier molecular flexibility index (Phi) is 2.32. The summed E-state index contributed by atoms with van der Waals surface area (Å²) in [4.78, 5) is 10.4. The standard InChI is InChI=1S/C11H10N4O2/c1-11(2,7-12)14-9-4-3-5-10(15(16)17)8(9)6-13-14/h3-6H,1-2H3. The van der Waals surface area contributed by atoms with Crippen LogP contribution in [0.1, 0.15) is 13.8 Å². The van der Waals surface area contributed by atoms with Crippen molar-refractivity contribution in [3.8, 4) is 6.07 Å². The van der Waals surface area contributed by atoms with Crippen LogP contribution in [0.5, 0.6) is 0 Å². The number of hydrogen-bond acceptors (Lipinski definition) is 4. The number of nitro groups is 1. The van der Waals surface area contributed by atoms with Crippen molar-refractivity contribution >= 4 is 16.6 Å². The van der Waals surface area contributed by atoms with Crippen molar-refractivity contribution in [3.05, 3.63) is 34.5 Å². The Morgan fingerprint density at radius 3 is 2.82 bits per heavy atom. The average Bonchev–Trinajstić information content (AvgIpc) is 2.72. The van der Waals surface area contributed by atoms with Gasteiger partial charge >= 0.3 is 0 Å². The molecule has 0 amide bonds. The van der Waals surface area contributed by atoms with E-state index in [1.165, 1.54) is 16.9 Å². The minimum absolute atomic E-state index is 0.00231. The first-order valence-electron chi connectivity index (χ1n) is 5.00. The Balaban J connectivity index is 2.77. The maximum atomic E-state index is 10.8. The number of aromatic nitrogens is 2. The van der Waals surface area contributed by atoms with Crippen molar-refractivity contribution in [2.75, 3.05) is 0 Å². The van der Waals surface area contributed by atoms with Gasteiger partial charge in [-0.15, -0.1) is 0 Å². The number of non-ortho nitro benzene ring substituents is 1. The predicted octanol–water partition coefficient (Wildman–Crippen LogP) is 2.20. The molecule has 6 nitrogen and oxygen atoms in total. The molecule has 1 aromatic carbocycles. The van der Waals surface area contributed by atoms with Gasteiger partial charge in [-0.1, -0.05) is 6.07 Å². The Morgan fingerprint density at radius 2 is 2.24 bits per heavy atom. The van der Waals surface area contributed by atoms with Gasteiger partial charge in [0.2, 0.25) is 0 Å². The first-order chi connectivity index (χ1) is 7.97. The zero-order valence-electron chi connectivity index (χ0n) is 9.41. The summed E-state index contributed by atoms with van der Waals surface area (Å²) in [6.07, 6.45) is 1.42. The molecular formula is C11H10N4O2. The summed E-state index contributed by atoms with van der Waals surface area (Å²) in [5, 5.41) is 24.4. The quantitative estimate of drug-likeness (QED) is 0.584. The van der Waals surface area contributed by atoms with Crippen molar-refractivity contribution < 1.29 is 4.92 Å². The van der Waals surface area contributed by atoms with Crippen LogP contribution >= 0.6 is 0 Å². The molecule has 86 valence electrons. The molecule has 0 atom stereocenters. The van der Waals surface area contributed by atoms with E-state index >= 15 is 0 Å². The lowest BCUT2D eigenvalue weighted by molar-refractivity contribution is -0.383. The summed E-state index contributed by atoms with van der Waals surface area (Å²) in [6.45, 7) is 3.41. The third-order valence-electron chi connectivity index (χ3n) is 2.59. The molecule has 0 saturated heterocycles. The van der Waals surface area contributed by atoms with Crippen LogP contribution < -0.4 is 0 Å². The summed E-state index contributed by atoms with van der Waals surface area (Å²) in [5.74, 6) is 0. The summed E-state index contributed by atoms with van der Waals surface area (Å²) in [6, 6.07) is 6.85. The molecule has 0 aliphatic carbocycles. The molecule has 0 aliphatic heterocycles. The minimum atomic E-state index is -0.836. The lowest BCUT2D eigenvalue weighted by Crippen LogP contribution is -2.24. The Morgan fingerprint density at radius 1 is 1.53 bits per heavy atom. The van der Waals surface area contributed by atoms with E-state index in [4.69, 9.17) is 5.26 Å². The van der Waals surface area contributed by atoms with Crippen LogP contribution in [0.25, 0.3) is 10.9 Å². The Labute approximate surface area is 97.2 Å². The van der Waals surface area contributed by atoms with Crippen molar-refractivity contribution in [1.29, 1.82) is 5.26 Å². The van der Waals surface area contributed by atoms with Gasteiger partial charge < -0.3 is 0 Å². The van der Waals surface area contributed by atoms with E-state index < -0.39 is 10.5 Å². The van der Waals surface area contributed by atoms with Gasteiger partial charge in [0.15, 0.2) is 0 Å². The first kappa shape index (κ1) is 11.1. The minimum Gasteiger partial charge on any atom is -0.258 e. The molecule has 17 heavy (non-hydrogen) atoms. The Bertz CT molecular complexity index is 636. The Hall–Kier alpha value is -2.42. The van der Waals surface area contributed by atoms with Crippen LogP contribution in [-0.4, -0.2) is 14.7 Å². The number of benzene rings is 1. The van der Waals surface area contributed by atoms with Gasteiger partial charge in [-0.05, 0) is 19.9 Å². The highest BCUT2D eigenvalue weighted by Crippen LogP contribution is 2.28. The zero-order chi connectivity index (χ0) is 12.6. The van der Waals surface area contributed by atoms with Crippen LogP contribution in [0, 0.1) is 21.4 Å². The molecule has 0 unspecified atom stereocenters. The average molecular weight is 230 g/mol. The topological polar surface area (TPSA) is 84.8 Å². The fourth-order valence-electron chi connectivity index (χ4n) is 1.69. The highest BCUT2D eigenvalue weighted by Gasteiger charge is 2.24. The highest BCUT2D eigenvalue weighted by atomic mass is 16.6. The largest absolute Gasteiger partial charge is 0.280 e. The van der Waals surface area contributed by atoms with E-state index in [9.17, 15) is 10.1 Å². The molecule has 2 aromatic rings. The van der Waals surface area contributed by atoms with E-state index in [1.54, 1.807) is 26.0 Å². The second kappa shape index (κ2) is 3.56. The molecule has 0 aliphatic rings. The van der Waals surface area contributed by atoms with Gasteiger partial charge in [-0.2, -0.15) is 10.4 Å². The zero-order valence-corrected chi connectivity index (χ0v) is 9.41. The van der Waals surface area contributed by atoms with Crippen LogP contribution in [0.4, 0.5) is 5.69 Å². The van der Waals surface area contributed by atoms with Crippen molar-refractivity contribution in [3.63, 3.8) is 0 Å². The number of nitro benzene ring substituents is 1. The van der Waals surface area contributed by atoms with Gasteiger partial charge in [0.05, 0.1) is 28.1 Å². The van der Waals surface area contributed by atoms with Gasteiger partial charge in [-0.25, -0.2) is 4.68 Å². The molecule has 2 rings (SSSR count). The normalized spacial score (nSPS) is 11.4. The van der Waals surface area contributed by atoms with E-state index in [-0.39, 0.29) is 5.69 Å². The van der Waals surface area contributed by atoms with Crippen molar-refractivity contribution in [1.82, 2.24) is 9.78 Å². The smallest absolute Gasteiger partial charge is 0.258 e. The molecule has 1 heterocycles. The molecular weight excluding hydrogens is 220 g/mol. The number of nitrogens with zero attached hydrogens (tertiary/aromatic N) is 4. The van der Waals surface area contributed by atoms with Gasteiger partial charge in [0, 0.05) is 6.07 Å². The molecule has 0 spiro atoms.